The molecular formula is C20H28O2. The van der Waals surface area contributed by atoms with E-state index in [1.165, 1.54) is 62.5 Å². The molecule has 1 saturated heterocycles. The molecule has 3 aliphatic rings. The first kappa shape index (κ1) is 14.7. The van der Waals surface area contributed by atoms with E-state index in [-0.39, 0.29) is 11.7 Å². The quantitative estimate of drug-likeness (QED) is 0.661. The molecule has 0 radical (unpaired) electrons. The van der Waals surface area contributed by atoms with Gasteiger partial charge in [0.15, 0.2) is 0 Å². The molecule has 22 heavy (non-hydrogen) atoms. The minimum absolute atomic E-state index is 0.0771. The molecule has 1 heterocycles. The number of ether oxygens (including phenoxy) is 2. The Morgan fingerprint density at radius 1 is 0.818 bits per heavy atom. The summed E-state index contributed by atoms with van der Waals surface area (Å²) in [6.07, 6.45) is 12.1. The summed E-state index contributed by atoms with van der Waals surface area (Å²) in [5.41, 5.74) is 2.84. The van der Waals surface area contributed by atoms with E-state index in [2.05, 4.69) is 24.3 Å². The zero-order chi connectivity index (χ0) is 14.8. The van der Waals surface area contributed by atoms with E-state index in [0.29, 0.717) is 5.92 Å². The van der Waals surface area contributed by atoms with Crippen LogP contribution in [0.2, 0.25) is 0 Å². The van der Waals surface area contributed by atoms with Gasteiger partial charge in [0.1, 0.15) is 11.7 Å². The Balaban J connectivity index is 1.71. The second kappa shape index (κ2) is 6.33. The van der Waals surface area contributed by atoms with Gasteiger partial charge in [0, 0.05) is 5.92 Å². The summed E-state index contributed by atoms with van der Waals surface area (Å²) in [4.78, 5) is 0. The molecule has 3 atom stereocenters. The third kappa shape index (κ3) is 2.41. The molecule has 1 aliphatic heterocycles. The SMILES string of the molecule is c1ccc2c(c1)[C@H]1CCCCCCCCC[C@]13OCCO[C@@H]23. The Morgan fingerprint density at radius 2 is 1.55 bits per heavy atom. The van der Waals surface area contributed by atoms with Crippen LogP contribution >= 0.6 is 0 Å². The van der Waals surface area contributed by atoms with Crippen molar-refractivity contribution in [3.05, 3.63) is 35.4 Å². The second-order valence-corrected chi connectivity index (χ2v) is 7.25. The van der Waals surface area contributed by atoms with Gasteiger partial charge in [-0.25, -0.2) is 0 Å². The van der Waals surface area contributed by atoms with Crippen LogP contribution in [0.15, 0.2) is 24.3 Å². The van der Waals surface area contributed by atoms with E-state index in [0.717, 1.165) is 19.6 Å². The van der Waals surface area contributed by atoms with Crippen molar-refractivity contribution in [2.75, 3.05) is 13.2 Å². The fraction of sp³-hybridized carbons (Fsp3) is 0.700. The highest BCUT2D eigenvalue weighted by molar-refractivity contribution is 5.43. The van der Waals surface area contributed by atoms with Crippen LogP contribution in [0.1, 0.15) is 80.9 Å². The summed E-state index contributed by atoms with van der Waals surface area (Å²) in [6, 6.07) is 8.95. The van der Waals surface area contributed by atoms with E-state index < -0.39 is 0 Å². The average molecular weight is 300 g/mol. The van der Waals surface area contributed by atoms with Crippen LogP contribution in [0.4, 0.5) is 0 Å². The normalized spacial score (nSPS) is 35.8. The van der Waals surface area contributed by atoms with Crippen molar-refractivity contribution in [3.63, 3.8) is 0 Å². The topological polar surface area (TPSA) is 18.5 Å². The molecule has 0 amide bonds. The van der Waals surface area contributed by atoms with Gasteiger partial charge in [-0.05, 0) is 24.0 Å². The number of hydrogen-bond donors (Lipinski definition) is 0. The fourth-order valence-electron chi connectivity index (χ4n) is 4.99. The van der Waals surface area contributed by atoms with Gasteiger partial charge in [0.2, 0.25) is 0 Å². The largest absolute Gasteiger partial charge is 0.369 e. The first-order valence-electron chi connectivity index (χ1n) is 9.26. The molecule has 1 aromatic carbocycles. The zero-order valence-electron chi connectivity index (χ0n) is 13.6. The highest BCUT2D eigenvalue weighted by Gasteiger charge is 2.55. The van der Waals surface area contributed by atoms with Crippen molar-refractivity contribution in [3.8, 4) is 0 Å². The third-order valence-corrected chi connectivity index (χ3v) is 5.99. The van der Waals surface area contributed by atoms with Crippen LogP contribution < -0.4 is 0 Å². The first-order valence-corrected chi connectivity index (χ1v) is 9.26. The van der Waals surface area contributed by atoms with Crippen LogP contribution in [0, 0.1) is 0 Å². The summed E-state index contributed by atoms with van der Waals surface area (Å²) < 4.78 is 12.8. The molecule has 120 valence electrons. The highest BCUT2D eigenvalue weighted by atomic mass is 16.6. The van der Waals surface area contributed by atoms with Gasteiger partial charge in [0.05, 0.1) is 13.2 Å². The number of rotatable bonds is 0. The Kier molecular flexibility index (Phi) is 4.23. The van der Waals surface area contributed by atoms with Crippen LogP contribution in [-0.2, 0) is 9.47 Å². The van der Waals surface area contributed by atoms with Crippen molar-refractivity contribution in [1.82, 2.24) is 0 Å². The minimum atomic E-state index is -0.0771. The molecule has 2 aliphatic carbocycles. The van der Waals surface area contributed by atoms with Gasteiger partial charge < -0.3 is 9.47 Å². The third-order valence-electron chi connectivity index (χ3n) is 5.99. The number of fused-ring (bicyclic) bond motifs is 3. The molecule has 0 N–H and O–H groups in total. The average Bonchev–Trinajstić information content (AvgIpc) is 2.81. The van der Waals surface area contributed by atoms with E-state index in [9.17, 15) is 0 Å². The summed E-state index contributed by atoms with van der Waals surface area (Å²) in [7, 11) is 0. The van der Waals surface area contributed by atoms with E-state index >= 15 is 0 Å². The summed E-state index contributed by atoms with van der Waals surface area (Å²) in [5.74, 6) is 0.534. The Morgan fingerprint density at radius 3 is 2.41 bits per heavy atom. The van der Waals surface area contributed by atoms with Gasteiger partial charge >= 0.3 is 0 Å². The lowest BCUT2D eigenvalue weighted by atomic mass is 9.79. The molecule has 1 spiro atoms. The minimum Gasteiger partial charge on any atom is -0.369 e. The molecule has 2 heteroatoms. The molecule has 2 nitrogen and oxygen atoms in total. The van der Waals surface area contributed by atoms with Gasteiger partial charge in [-0.15, -0.1) is 0 Å². The maximum Gasteiger partial charge on any atom is 0.112 e. The molecule has 2 fully saturated rings. The lowest BCUT2D eigenvalue weighted by Crippen LogP contribution is -2.46. The monoisotopic (exact) mass is 300 g/mol. The maximum absolute atomic E-state index is 6.52. The van der Waals surface area contributed by atoms with E-state index in [1.807, 2.05) is 0 Å². The lowest BCUT2D eigenvalue weighted by molar-refractivity contribution is -0.212. The summed E-state index contributed by atoms with van der Waals surface area (Å²) in [5, 5.41) is 0. The first-order chi connectivity index (χ1) is 10.9. The van der Waals surface area contributed by atoms with Crippen molar-refractivity contribution in [2.45, 2.75) is 75.4 Å². The summed E-state index contributed by atoms with van der Waals surface area (Å²) in [6.45, 7) is 1.51. The molecule has 4 rings (SSSR count). The highest BCUT2D eigenvalue weighted by Crippen LogP contribution is 2.57. The Labute approximate surface area is 134 Å². The molecule has 0 unspecified atom stereocenters. The van der Waals surface area contributed by atoms with Crippen molar-refractivity contribution < 1.29 is 9.47 Å². The van der Waals surface area contributed by atoms with Crippen LogP contribution in [0.3, 0.4) is 0 Å². The number of hydrogen-bond acceptors (Lipinski definition) is 2. The van der Waals surface area contributed by atoms with Crippen molar-refractivity contribution >= 4 is 0 Å². The fourth-order valence-corrected chi connectivity index (χ4v) is 4.99. The second-order valence-electron chi connectivity index (χ2n) is 7.25. The lowest BCUT2D eigenvalue weighted by Gasteiger charge is -2.43. The van der Waals surface area contributed by atoms with E-state index in [4.69, 9.17) is 9.47 Å². The van der Waals surface area contributed by atoms with Crippen LogP contribution in [0.5, 0.6) is 0 Å². The molecular weight excluding hydrogens is 272 g/mol. The Bertz CT molecular complexity index is 512. The van der Waals surface area contributed by atoms with Crippen molar-refractivity contribution in [2.24, 2.45) is 0 Å². The molecule has 1 aromatic rings. The van der Waals surface area contributed by atoms with Gasteiger partial charge in [0.25, 0.3) is 0 Å². The van der Waals surface area contributed by atoms with Gasteiger partial charge in [-0.2, -0.15) is 0 Å². The van der Waals surface area contributed by atoms with Gasteiger partial charge in [-0.3, -0.25) is 0 Å². The Hall–Kier alpha value is -0.860. The predicted octanol–water partition coefficient (Wildman–Crippen LogP) is 5.14. The smallest absolute Gasteiger partial charge is 0.112 e. The molecule has 1 saturated carbocycles. The van der Waals surface area contributed by atoms with E-state index in [1.54, 1.807) is 0 Å². The van der Waals surface area contributed by atoms with Crippen molar-refractivity contribution in [1.29, 1.82) is 0 Å². The zero-order valence-corrected chi connectivity index (χ0v) is 13.6. The van der Waals surface area contributed by atoms with Crippen LogP contribution in [0.25, 0.3) is 0 Å². The van der Waals surface area contributed by atoms with Gasteiger partial charge in [-0.1, -0.05) is 69.2 Å². The molecule has 0 bridgehead atoms. The molecule has 0 aromatic heterocycles. The number of benzene rings is 1. The van der Waals surface area contributed by atoms with Crippen LogP contribution in [-0.4, -0.2) is 18.8 Å². The predicted molar refractivity (Wildman–Crippen MR) is 88.1 cm³/mol. The summed E-state index contributed by atoms with van der Waals surface area (Å²) >= 11 is 0. The standard InChI is InChI=1S/C20H28O2/c1-2-4-6-12-18-16-10-7-8-11-17(16)19-20(18,13-9-5-3-1)22-15-14-21-19/h7-8,10-11,18-19H,1-6,9,12-15H2/t18-,19+,20+/m1/s1. The maximum atomic E-state index is 6.52.